The van der Waals surface area contributed by atoms with Crippen LogP contribution < -0.4 is 10.1 Å². The minimum Gasteiger partial charge on any atom is -0.406 e. The van der Waals surface area contributed by atoms with Gasteiger partial charge in [-0.2, -0.15) is 0 Å². The number of guanidine groups is 1. The van der Waals surface area contributed by atoms with Crippen LogP contribution >= 0.6 is 0 Å². The van der Waals surface area contributed by atoms with Crippen LogP contribution in [-0.4, -0.2) is 37.8 Å². The minimum atomic E-state index is -4.79. The minimum absolute atomic E-state index is 0.250. The van der Waals surface area contributed by atoms with E-state index in [1.165, 1.54) is 25.2 Å². The molecular weight excluding hydrogens is 395 g/mol. The van der Waals surface area contributed by atoms with Crippen molar-refractivity contribution in [2.75, 3.05) is 12.8 Å². The maximum Gasteiger partial charge on any atom is 0.573 e. The lowest BCUT2D eigenvalue weighted by molar-refractivity contribution is -0.274. The first kappa shape index (κ1) is 20.0. The summed E-state index contributed by atoms with van der Waals surface area (Å²) in [4.78, 5) is 0. The van der Waals surface area contributed by atoms with Gasteiger partial charge in [0.2, 0.25) is 16.0 Å². The molecule has 0 aromatic heterocycles. The van der Waals surface area contributed by atoms with E-state index in [-0.39, 0.29) is 17.5 Å². The van der Waals surface area contributed by atoms with Gasteiger partial charge >= 0.3 is 6.36 Å². The molecule has 0 unspecified atom stereocenters. The summed E-state index contributed by atoms with van der Waals surface area (Å²) in [5, 5.41) is 10.8. The predicted molar refractivity (Wildman–Crippen MR) is 98.3 cm³/mol. The van der Waals surface area contributed by atoms with Gasteiger partial charge in [0.05, 0.1) is 11.3 Å². The van der Waals surface area contributed by atoms with Gasteiger partial charge in [-0.05, 0) is 41.8 Å². The fourth-order valence-electron chi connectivity index (χ4n) is 3.05. The first-order valence-corrected chi connectivity index (χ1v) is 9.81. The second kappa shape index (κ2) is 6.69. The maximum atomic E-state index is 12.5. The van der Waals surface area contributed by atoms with Gasteiger partial charge in [-0.3, -0.25) is 5.41 Å². The zero-order chi connectivity index (χ0) is 20.7. The number of rotatable bonds is 3. The number of sulfonamides is 1. The summed E-state index contributed by atoms with van der Waals surface area (Å²) < 4.78 is 66.9. The van der Waals surface area contributed by atoms with Gasteiger partial charge in [-0.1, -0.05) is 30.3 Å². The number of hydrogen-bond donors (Lipinski definition) is 2. The Bertz CT molecular complexity index is 1020. The van der Waals surface area contributed by atoms with Gasteiger partial charge < -0.3 is 10.1 Å². The van der Waals surface area contributed by atoms with Crippen LogP contribution in [0.25, 0.3) is 11.1 Å². The van der Waals surface area contributed by atoms with Gasteiger partial charge in [0.1, 0.15) is 5.75 Å². The average molecular weight is 413 g/mol. The van der Waals surface area contributed by atoms with Gasteiger partial charge in [0, 0.05) is 7.05 Å². The Morgan fingerprint density at radius 1 is 1.14 bits per heavy atom. The van der Waals surface area contributed by atoms with Crippen molar-refractivity contribution in [2.24, 2.45) is 0 Å². The molecule has 0 bridgehead atoms. The number of hydrogen-bond acceptors (Lipinski definition) is 4. The van der Waals surface area contributed by atoms with Gasteiger partial charge in [0.25, 0.3) is 0 Å². The van der Waals surface area contributed by atoms with E-state index in [9.17, 15) is 21.6 Å². The molecule has 28 heavy (non-hydrogen) atoms. The van der Waals surface area contributed by atoms with Crippen molar-refractivity contribution >= 4 is 16.0 Å². The Balaban J connectivity index is 1.97. The highest BCUT2D eigenvalue weighted by molar-refractivity contribution is 7.89. The first-order valence-electron chi connectivity index (χ1n) is 8.20. The fraction of sp³-hybridized carbons (Fsp3) is 0.278. The number of nitrogens with one attached hydrogen (secondary N) is 2. The van der Waals surface area contributed by atoms with E-state index in [0.717, 1.165) is 4.31 Å². The highest BCUT2D eigenvalue weighted by Crippen LogP contribution is 2.32. The molecule has 1 aliphatic rings. The third-order valence-corrected chi connectivity index (χ3v) is 6.46. The first-order chi connectivity index (χ1) is 12.9. The van der Waals surface area contributed by atoms with Crippen molar-refractivity contribution in [3.8, 4) is 16.9 Å². The molecule has 10 heteroatoms. The van der Waals surface area contributed by atoms with E-state index in [1.54, 1.807) is 37.3 Å². The molecular formula is C18H18F3N3O3S. The Labute approximate surface area is 160 Å². The van der Waals surface area contributed by atoms with Crippen LogP contribution in [0.2, 0.25) is 0 Å². The number of alkyl halides is 3. The monoisotopic (exact) mass is 413 g/mol. The molecule has 3 rings (SSSR count). The van der Waals surface area contributed by atoms with Gasteiger partial charge in [-0.15, -0.1) is 13.2 Å². The van der Waals surface area contributed by atoms with E-state index >= 15 is 0 Å². The standard InChI is InChI=1S/C18H18F3N3O3S/c1-17(11-28(25,26)24(2)16(22)23-17)14-7-3-5-12(9-14)13-6-4-8-15(10-13)27-18(19,20)21/h3-10H,11H2,1-2H3,(H2,22,23)/t17-/m0/s1. The van der Waals surface area contributed by atoms with Crippen LogP contribution in [-0.2, 0) is 15.6 Å². The topological polar surface area (TPSA) is 82.5 Å². The van der Waals surface area contributed by atoms with Crippen molar-refractivity contribution in [2.45, 2.75) is 18.8 Å². The molecule has 0 radical (unpaired) electrons. The molecule has 0 aliphatic carbocycles. The quantitative estimate of drug-likeness (QED) is 0.809. The van der Waals surface area contributed by atoms with Crippen LogP contribution in [0.5, 0.6) is 5.75 Å². The van der Waals surface area contributed by atoms with E-state index in [0.29, 0.717) is 16.7 Å². The van der Waals surface area contributed by atoms with Crippen LogP contribution in [0.1, 0.15) is 12.5 Å². The predicted octanol–water partition coefficient (Wildman–Crippen LogP) is 3.27. The molecule has 1 heterocycles. The van der Waals surface area contributed by atoms with Gasteiger partial charge in [-0.25, -0.2) is 12.7 Å². The molecule has 150 valence electrons. The van der Waals surface area contributed by atoms with Crippen molar-refractivity contribution in [3.05, 3.63) is 54.1 Å². The van der Waals surface area contributed by atoms with Crippen LogP contribution in [0, 0.1) is 5.41 Å². The number of halogens is 3. The molecule has 0 spiro atoms. The van der Waals surface area contributed by atoms with Gasteiger partial charge in [0.15, 0.2) is 0 Å². The third-order valence-electron chi connectivity index (χ3n) is 4.50. The normalized spacial score (nSPS) is 21.9. The molecule has 1 saturated heterocycles. The third kappa shape index (κ3) is 4.06. The van der Waals surface area contributed by atoms with Crippen molar-refractivity contribution in [1.29, 1.82) is 5.41 Å². The summed E-state index contributed by atoms with van der Waals surface area (Å²) in [6.07, 6.45) is -4.79. The average Bonchev–Trinajstić information content (AvgIpc) is 2.58. The molecule has 6 nitrogen and oxygen atoms in total. The summed E-state index contributed by atoms with van der Waals surface area (Å²) in [5.74, 6) is -0.859. The van der Waals surface area contributed by atoms with E-state index < -0.39 is 21.9 Å². The summed E-state index contributed by atoms with van der Waals surface area (Å²) in [6, 6.07) is 12.3. The lowest BCUT2D eigenvalue weighted by atomic mass is 9.91. The summed E-state index contributed by atoms with van der Waals surface area (Å²) >= 11 is 0. The molecule has 2 aromatic rings. The second-order valence-corrected chi connectivity index (χ2v) is 8.69. The van der Waals surface area contributed by atoms with Crippen LogP contribution in [0.4, 0.5) is 13.2 Å². The zero-order valence-electron chi connectivity index (χ0n) is 15.0. The van der Waals surface area contributed by atoms with Crippen molar-refractivity contribution in [3.63, 3.8) is 0 Å². The smallest absolute Gasteiger partial charge is 0.406 e. The summed E-state index contributed by atoms with van der Waals surface area (Å²) in [7, 11) is -2.37. The van der Waals surface area contributed by atoms with Crippen LogP contribution in [0.3, 0.4) is 0 Å². The second-order valence-electron chi connectivity index (χ2n) is 6.69. The highest BCUT2D eigenvalue weighted by atomic mass is 32.2. The number of ether oxygens (including phenoxy) is 1. The zero-order valence-corrected chi connectivity index (χ0v) is 15.9. The molecule has 2 N–H and O–H groups in total. The van der Waals surface area contributed by atoms with E-state index in [1.807, 2.05) is 0 Å². The highest BCUT2D eigenvalue weighted by Gasteiger charge is 2.41. The number of nitrogens with zero attached hydrogens (tertiary/aromatic N) is 1. The summed E-state index contributed by atoms with van der Waals surface area (Å²) in [6.45, 7) is 1.66. The van der Waals surface area contributed by atoms with E-state index in [4.69, 9.17) is 5.41 Å². The largest absolute Gasteiger partial charge is 0.573 e. The Kier molecular flexibility index (Phi) is 4.78. The fourth-order valence-corrected chi connectivity index (χ4v) is 4.53. The Morgan fingerprint density at radius 2 is 1.75 bits per heavy atom. The maximum absolute atomic E-state index is 12.5. The molecule has 2 aromatic carbocycles. The molecule has 1 aliphatic heterocycles. The molecule has 1 atom stereocenters. The molecule has 0 saturated carbocycles. The van der Waals surface area contributed by atoms with Crippen molar-refractivity contribution in [1.82, 2.24) is 9.62 Å². The number of benzene rings is 2. The Morgan fingerprint density at radius 3 is 2.36 bits per heavy atom. The van der Waals surface area contributed by atoms with Crippen LogP contribution in [0.15, 0.2) is 48.5 Å². The lowest BCUT2D eigenvalue weighted by Gasteiger charge is -2.40. The molecule has 1 fully saturated rings. The lowest BCUT2D eigenvalue weighted by Crippen LogP contribution is -2.60. The SMILES string of the molecule is CN1C(=N)N[C@](C)(c2cccc(-c3cccc(OC(F)(F)F)c3)c2)CS1(=O)=O. The van der Waals surface area contributed by atoms with E-state index in [2.05, 4.69) is 10.1 Å². The summed E-state index contributed by atoms with van der Waals surface area (Å²) in [5.41, 5.74) is 0.612. The Hall–Kier alpha value is -2.75. The van der Waals surface area contributed by atoms with Crippen molar-refractivity contribution < 1.29 is 26.3 Å². The molecule has 0 amide bonds.